The van der Waals surface area contributed by atoms with Crippen molar-refractivity contribution >= 4 is 115 Å². The molecule has 1 aliphatic rings. The number of carbonyl (C=O) groups excluding carboxylic acids is 14. The van der Waals surface area contributed by atoms with E-state index >= 15 is 9.59 Å². The van der Waals surface area contributed by atoms with Gasteiger partial charge in [-0.1, -0.05) is 119 Å². The second kappa shape index (κ2) is 43.9. The molecule has 4 aromatic carbocycles. The van der Waals surface area contributed by atoms with Gasteiger partial charge in [-0.25, -0.2) is 4.79 Å². The number of carbonyl (C=O) groups is 14. The predicted octanol–water partition coefficient (Wildman–Crippen LogP) is -1.19. The molecule has 0 aliphatic carbocycles. The quantitative estimate of drug-likeness (QED) is 0.0201. The fourth-order valence-electron chi connectivity index (χ4n) is 12.8. The highest BCUT2D eigenvalue weighted by molar-refractivity contribution is 6.01. The molecule has 6 aromatic rings. The maximum absolute atomic E-state index is 15.1. The number of hydrogen-bond donors (Lipinski definition) is 19. The number of aliphatic hydroxyl groups excluding tert-OH is 1. The minimum atomic E-state index is -1.78. The summed E-state index contributed by atoms with van der Waals surface area (Å²) in [6.07, 6.45) is 2.43. The number of rotatable bonds is 41. The standard InChI is InChI=1S/C78H108N18O16/c1-6-43(3)26-29-64(99)88-61(37-63(82)98)74(107)92-58(34-46-27-28-47-17-8-9-18-48(47)33-46)72(105)94-59(35-49-38-83-53-21-12-10-19-51(49)53)73(106)91-57(25-16-32-81)71(104)90-55(23-14-30-79)69(102)85-40-65(100)87-56(24-15-31-80)70(103)93-60(36-50-39-84-54-22-13-11-20-52(50)54)75(108)96-68-45(5)112-78(111)62(42-97)89-66(101)41-86-76(109)67(44(4)7-2)95-77(68)110/h8-13,17-22,27-28,33,38-39,43-45,55-62,67-68,83-84,97H,6-7,14-16,23-26,29-32,34-37,40-42,79-81H2,1-5H3,(H2,82,98)(H,85,102)(H,86,109)(H,87,100)(H,88,99)(H,89,101)(H,90,104)(H,91,106)(H,92,107)(H,93,103)(H,94,105)(H,95,110)(H,96,108)/t43?,44-,45+,55-,56+,57+,58+,59+,60-,61+,62-,67-,68-/m0/s1. The fourth-order valence-corrected chi connectivity index (χ4v) is 12.8. The van der Waals surface area contributed by atoms with Crippen molar-refractivity contribution < 1.29 is 77.0 Å². The van der Waals surface area contributed by atoms with Crippen molar-refractivity contribution in [3.63, 3.8) is 0 Å². The summed E-state index contributed by atoms with van der Waals surface area (Å²) >= 11 is 0. The molecule has 112 heavy (non-hydrogen) atoms. The highest BCUT2D eigenvalue weighted by Gasteiger charge is 2.40. The zero-order valence-corrected chi connectivity index (χ0v) is 63.8. The second-order valence-corrected chi connectivity index (χ2v) is 28.3. The van der Waals surface area contributed by atoms with Crippen LogP contribution < -0.4 is 86.7 Å². The van der Waals surface area contributed by atoms with Crippen molar-refractivity contribution in [2.24, 2.45) is 34.8 Å². The highest BCUT2D eigenvalue weighted by atomic mass is 16.5. The number of para-hydroxylation sites is 2. The number of aromatic amines is 2. The lowest BCUT2D eigenvalue weighted by atomic mass is 9.97. The Morgan fingerprint density at radius 3 is 1.58 bits per heavy atom. The molecule has 0 saturated carbocycles. The number of aromatic nitrogens is 2. The third kappa shape index (κ3) is 26.1. The molecule has 1 unspecified atom stereocenters. The zero-order valence-electron chi connectivity index (χ0n) is 63.8. The van der Waals surface area contributed by atoms with Crippen LogP contribution in [0.5, 0.6) is 0 Å². The predicted molar refractivity (Wildman–Crippen MR) is 416 cm³/mol. The molecule has 606 valence electrons. The molecule has 13 amide bonds. The summed E-state index contributed by atoms with van der Waals surface area (Å²) in [5, 5.41) is 44.4. The van der Waals surface area contributed by atoms with Gasteiger partial charge in [-0.05, 0) is 123 Å². The van der Waals surface area contributed by atoms with Crippen LogP contribution in [0.2, 0.25) is 0 Å². The number of nitrogens with one attached hydrogen (secondary N) is 14. The minimum Gasteiger partial charge on any atom is -0.458 e. The Kier molecular flexibility index (Phi) is 34.4. The molecule has 34 nitrogen and oxygen atoms in total. The molecule has 2 aromatic heterocycles. The largest absolute Gasteiger partial charge is 0.458 e. The van der Waals surface area contributed by atoms with E-state index in [1.807, 2.05) is 56.3 Å². The lowest BCUT2D eigenvalue weighted by Gasteiger charge is -2.30. The van der Waals surface area contributed by atoms with E-state index < -0.39 is 181 Å². The third-order valence-electron chi connectivity index (χ3n) is 19.8. The number of esters is 1. The number of hydrogen-bond acceptors (Lipinski definition) is 19. The minimum absolute atomic E-state index is 0.0318. The van der Waals surface area contributed by atoms with Crippen molar-refractivity contribution in [3.05, 3.63) is 120 Å². The molecule has 7 rings (SSSR count). The van der Waals surface area contributed by atoms with Crippen LogP contribution in [-0.4, -0.2) is 204 Å². The van der Waals surface area contributed by atoms with Gasteiger partial charge in [0.05, 0.1) is 26.1 Å². The second-order valence-electron chi connectivity index (χ2n) is 28.3. The van der Waals surface area contributed by atoms with Crippen molar-refractivity contribution in [1.82, 2.24) is 73.8 Å². The molecule has 0 radical (unpaired) electrons. The highest BCUT2D eigenvalue weighted by Crippen LogP contribution is 2.24. The Morgan fingerprint density at radius 1 is 0.545 bits per heavy atom. The molecular weight excluding hydrogens is 1440 g/mol. The van der Waals surface area contributed by atoms with Crippen LogP contribution in [0, 0.1) is 11.8 Å². The zero-order chi connectivity index (χ0) is 81.6. The number of benzene rings is 4. The molecule has 1 saturated heterocycles. The summed E-state index contributed by atoms with van der Waals surface area (Å²) in [7, 11) is 0. The number of H-pyrrole nitrogens is 2. The van der Waals surface area contributed by atoms with E-state index in [1.54, 1.807) is 74.8 Å². The van der Waals surface area contributed by atoms with E-state index in [0.717, 1.165) is 17.2 Å². The molecule has 3 heterocycles. The molecule has 1 aliphatic heterocycles. The Morgan fingerprint density at radius 2 is 1.04 bits per heavy atom. The van der Waals surface area contributed by atoms with Crippen LogP contribution in [0.4, 0.5) is 0 Å². The summed E-state index contributed by atoms with van der Waals surface area (Å²) in [6, 6.07) is 12.2. The summed E-state index contributed by atoms with van der Waals surface area (Å²) in [6.45, 7) is 6.40. The van der Waals surface area contributed by atoms with Gasteiger partial charge < -0.3 is 107 Å². The number of cyclic esters (lactones) is 1. The van der Waals surface area contributed by atoms with Crippen molar-refractivity contribution in [1.29, 1.82) is 0 Å². The number of primary amides is 1. The smallest absolute Gasteiger partial charge is 0.331 e. The first kappa shape index (κ1) is 87.9. The van der Waals surface area contributed by atoms with E-state index in [0.29, 0.717) is 51.3 Å². The van der Waals surface area contributed by atoms with E-state index in [2.05, 4.69) is 73.8 Å². The van der Waals surface area contributed by atoms with E-state index in [4.69, 9.17) is 27.7 Å². The van der Waals surface area contributed by atoms with Crippen LogP contribution >= 0.6 is 0 Å². The molecule has 1 fully saturated rings. The van der Waals surface area contributed by atoms with Gasteiger partial charge in [0.15, 0.2) is 6.04 Å². The van der Waals surface area contributed by atoms with E-state index in [9.17, 15) is 62.6 Å². The van der Waals surface area contributed by atoms with Gasteiger partial charge in [0.1, 0.15) is 60.5 Å². The molecular formula is C78H108N18O16. The lowest BCUT2D eigenvalue weighted by Crippen LogP contribution is -2.62. The molecule has 0 spiro atoms. The van der Waals surface area contributed by atoms with Crippen molar-refractivity contribution in [3.8, 4) is 0 Å². The number of nitrogens with two attached hydrogens (primary N) is 4. The summed E-state index contributed by atoms with van der Waals surface area (Å²) in [5.41, 5.74) is 26.5. The van der Waals surface area contributed by atoms with Gasteiger partial charge in [-0.2, -0.15) is 0 Å². The van der Waals surface area contributed by atoms with Crippen LogP contribution in [-0.2, 0) is 91.1 Å². The lowest BCUT2D eigenvalue weighted by molar-refractivity contribution is -0.157. The number of ether oxygens (including phenoxy) is 1. The van der Waals surface area contributed by atoms with E-state index in [1.165, 1.54) is 6.92 Å². The molecule has 13 atom stereocenters. The van der Waals surface area contributed by atoms with Gasteiger partial charge >= 0.3 is 5.97 Å². The maximum Gasteiger partial charge on any atom is 0.331 e. The van der Waals surface area contributed by atoms with Gasteiger partial charge in [0.2, 0.25) is 76.8 Å². The Bertz CT molecular complexity index is 4280. The van der Waals surface area contributed by atoms with Crippen LogP contribution in [0.15, 0.2) is 103 Å². The van der Waals surface area contributed by atoms with Crippen LogP contribution in [0.25, 0.3) is 32.6 Å². The third-order valence-corrected chi connectivity index (χ3v) is 19.8. The van der Waals surface area contributed by atoms with Gasteiger partial charge in [-0.3, -0.25) is 62.3 Å². The van der Waals surface area contributed by atoms with E-state index in [-0.39, 0.29) is 89.8 Å². The van der Waals surface area contributed by atoms with Crippen LogP contribution in [0.1, 0.15) is 122 Å². The Hall–Kier alpha value is -11.4. The van der Waals surface area contributed by atoms with Gasteiger partial charge in [0.25, 0.3) is 0 Å². The van der Waals surface area contributed by atoms with Crippen LogP contribution in [0.3, 0.4) is 0 Å². The maximum atomic E-state index is 15.1. The molecule has 0 bridgehead atoms. The summed E-state index contributed by atoms with van der Waals surface area (Å²) in [4.78, 5) is 203. The topological polar surface area (TPSA) is 548 Å². The van der Waals surface area contributed by atoms with Gasteiger partial charge in [-0.15, -0.1) is 0 Å². The summed E-state index contributed by atoms with van der Waals surface area (Å²) in [5.74, 6) is -12.8. The Labute approximate surface area is 648 Å². The van der Waals surface area contributed by atoms with Gasteiger partial charge in [0, 0.05) is 59.9 Å². The number of amides is 13. The average molecular weight is 1550 g/mol. The molecule has 34 heteroatoms. The molecule has 23 N–H and O–H groups in total. The fraction of sp³-hybridized carbons (Fsp3) is 0.487. The first-order chi connectivity index (χ1) is 53.7. The first-order valence-corrected chi connectivity index (χ1v) is 38.0. The SMILES string of the molecule is CCC(C)CCC(=O)N[C@H](CC(N)=O)C(=O)N[C@H](Cc1ccc2ccccc2c1)C(=O)N[C@H](Cc1c[nH]c2ccccc12)C(=O)N[C@H](CCCN)C(=O)N[C@@H](CCCN)C(=O)NCC(=O)N[C@H](CCCN)C(=O)N[C@@H](Cc1c[nH]c2ccccc12)C(=O)N[C@@H]1C(=O)N[C@@H]([C@@H](C)CC)C(=O)NCC(=O)N[C@@H](CO)C(=O)O[C@@H]1C. The summed E-state index contributed by atoms with van der Waals surface area (Å²) < 4.78 is 5.58. The first-order valence-electron chi connectivity index (χ1n) is 38.0. The van der Waals surface area contributed by atoms with Crippen molar-refractivity contribution in [2.75, 3.05) is 39.3 Å². The Balaban J connectivity index is 1.10. The average Bonchev–Trinajstić information content (AvgIpc) is 1.55. The van der Waals surface area contributed by atoms with Crippen molar-refractivity contribution in [2.45, 2.75) is 191 Å². The number of aliphatic hydroxyl groups is 1. The monoisotopic (exact) mass is 1550 g/mol. The number of fused-ring (bicyclic) bond motifs is 3. The normalized spacial score (nSPS) is 17.9.